The third-order valence-corrected chi connectivity index (χ3v) is 2.76. The van der Waals surface area contributed by atoms with Crippen LogP contribution in [0.15, 0.2) is 0 Å². The highest BCUT2D eigenvalue weighted by Gasteiger charge is 2.15. The number of carbonyl (C=O) groups is 2. The quantitative estimate of drug-likeness (QED) is 0.775. The molecule has 0 saturated carbocycles. The molecule has 1 fully saturated rings. The zero-order valence-electron chi connectivity index (χ0n) is 9.07. The van der Waals surface area contributed by atoms with Gasteiger partial charge in [-0.2, -0.15) is 0 Å². The van der Waals surface area contributed by atoms with Crippen LogP contribution in [0.25, 0.3) is 0 Å². The Morgan fingerprint density at radius 2 is 1.47 bits per heavy atom. The van der Waals surface area contributed by atoms with Crippen molar-refractivity contribution in [3.63, 3.8) is 0 Å². The van der Waals surface area contributed by atoms with E-state index >= 15 is 0 Å². The SMILES string of the molecule is O=C(O)CCC(=O)N1CCCCCCC1. The summed E-state index contributed by atoms with van der Waals surface area (Å²) in [6.07, 6.45) is 5.84. The van der Waals surface area contributed by atoms with E-state index in [1.54, 1.807) is 0 Å². The second-order valence-electron chi connectivity index (χ2n) is 4.04. The Morgan fingerprint density at radius 3 is 2.00 bits per heavy atom. The van der Waals surface area contributed by atoms with Crippen LogP contribution in [0.3, 0.4) is 0 Å². The summed E-state index contributed by atoms with van der Waals surface area (Å²) in [7, 11) is 0. The van der Waals surface area contributed by atoms with Crippen molar-refractivity contribution in [2.24, 2.45) is 0 Å². The van der Waals surface area contributed by atoms with Crippen molar-refractivity contribution < 1.29 is 14.7 Å². The Balaban J connectivity index is 2.31. The molecule has 4 heteroatoms. The maximum absolute atomic E-state index is 11.6. The first-order valence-electron chi connectivity index (χ1n) is 5.70. The molecule has 0 radical (unpaired) electrons. The molecule has 0 spiro atoms. The summed E-state index contributed by atoms with van der Waals surface area (Å²) in [5, 5.41) is 8.49. The number of aliphatic carboxylic acids is 1. The monoisotopic (exact) mass is 213 g/mol. The lowest BCUT2D eigenvalue weighted by Gasteiger charge is -2.24. The van der Waals surface area contributed by atoms with Crippen LogP contribution < -0.4 is 0 Å². The number of likely N-dealkylation sites (tertiary alicyclic amines) is 1. The summed E-state index contributed by atoms with van der Waals surface area (Å²) in [5.74, 6) is -0.894. The second kappa shape index (κ2) is 6.43. The molecule has 1 N–H and O–H groups in total. The van der Waals surface area contributed by atoms with Crippen LogP contribution in [0.4, 0.5) is 0 Å². The van der Waals surface area contributed by atoms with Crippen molar-refractivity contribution in [1.29, 1.82) is 0 Å². The predicted octanol–water partition coefficient (Wildman–Crippen LogP) is 1.64. The normalized spacial score (nSPS) is 18.0. The number of hydrogen-bond acceptors (Lipinski definition) is 2. The topological polar surface area (TPSA) is 57.6 Å². The Hall–Kier alpha value is -1.06. The number of carbonyl (C=O) groups excluding carboxylic acids is 1. The van der Waals surface area contributed by atoms with Crippen LogP contribution >= 0.6 is 0 Å². The minimum atomic E-state index is -0.893. The minimum Gasteiger partial charge on any atom is -0.481 e. The summed E-state index contributed by atoms with van der Waals surface area (Å²) < 4.78 is 0. The Morgan fingerprint density at radius 1 is 0.933 bits per heavy atom. The lowest BCUT2D eigenvalue weighted by Crippen LogP contribution is -2.33. The largest absolute Gasteiger partial charge is 0.481 e. The first-order chi connectivity index (χ1) is 7.20. The zero-order chi connectivity index (χ0) is 11.1. The van der Waals surface area contributed by atoms with Crippen molar-refractivity contribution in [3.8, 4) is 0 Å². The van der Waals surface area contributed by atoms with Crippen LogP contribution in [0.2, 0.25) is 0 Å². The third-order valence-electron chi connectivity index (χ3n) is 2.76. The second-order valence-corrected chi connectivity index (χ2v) is 4.04. The van der Waals surface area contributed by atoms with Gasteiger partial charge in [-0.1, -0.05) is 19.3 Å². The molecule has 0 unspecified atom stereocenters. The van der Waals surface area contributed by atoms with Gasteiger partial charge in [0.25, 0.3) is 0 Å². The minimum absolute atomic E-state index is 0.000648. The number of amides is 1. The Kier molecular flexibility index (Phi) is 5.15. The number of carboxylic acids is 1. The van der Waals surface area contributed by atoms with Gasteiger partial charge in [-0.3, -0.25) is 9.59 Å². The van der Waals surface area contributed by atoms with Gasteiger partial charge in [0.05, 0.1) is 6.42 Å². The van der Waals surface area contributed by atoms with Crippen LogP contribution in [0.1, 0.15) is 44.9 Å². The van der Waals surface area contributed by atoms with Gasteiger partial charge in [0.2, 0.25) is 5.91 Å². The van der Waals surface area contributed by atoms with E-state index in [2.05, 4.69) is 0 Å². The van der Waals surface area contributed by atoms with Crippen molar-refractivity contribution in [1.82, 2.24) is 4.90 Å². The number of rotatable bonds is 3. The third kappa shape index (κ3) is 4.81. The molecule has 15 heavy (non-hydrogen) atoms. The highest BCUT2D eigenvalue weighted by molar-refractivity contribution is 5.80. The Labute approximate surface area is 90.3 Å². The van der Waals surface area contributed by atoms with Gasteiger partial charge in [0, 0.05) is 19.5 Å². The van der Waals surface area contributed by atoms with E-state index in [9.17, 15) is 9.59 Å². The predicted molar refractivity (Wildman–Crippen MR) is 56.5 cm³/mol. The van der Waals surface area contributed by atoms with Crippen molar-refractivity contribution in [2.75, 3.05) is 13.1 Å². The fraction of sp³-hybridized carbons (Fsp3) is 0.818. The highest BCUT2D eigenvalue weighted by atomic mass is 16.4. The van der Waals surface area contributed by atoms with Crippen LogP contribution in [0, 0.1) is 0 Å². The lowest BCUT2D eigenvalue weighted by atomic mass is 10.1. The van der Waals surface area contributed by atoms with E-state index < -0.39 is 5.97 Å². The van der Waals surface area contributed by atoms with Crippen molar-refractivity contribution in [2.45, 2.75) is 44.9 Å². The van der Waals surface area contributed by atoms with Crippen LogP contribution in [-0.4, -0.2) is 35.0 Å². The van der Waals surface area contributed by atoms with Gasteiger partial charge < -0.3 is 10.0 Å². The summed E-state index contributed by atoms with van der Waals surface area (Å²) in [5.41, 5.74) is 0. The maximum Gasteiger partial charge on any atom is 0.303 e. The molecule has 1 aliphatic rings. The zero-order valence-corrected chi connectivity index (χ0v) is 9.07. The maximum atomic E-state index is 11.6. The average molecular weight is 213 g/mol. The number of nitrogens with zero attached hydrogens (tertiary/aromatic N) is 1. The van der Waals surface area contributed by atoms with Crippen LogP contribution in [-0.2, 0) is 9.59 Å². The molecular weight excluding hydrogens is 194 g/mol. The molecule has 1 aliphatic heterocycles. The summed E-state index contributed by atoms with van der Waals surface area (Å²) in [6.45, 7) is 1.61. The smallest absolute Gasteiger partial charge is 0.303 e. The van der Waals surface area contributed by atoms with E-state index in [0.29, 0.717) is 0 Å². The van der Waals surface area contributed by atoms with E-state index in [0.717, 1.165) is 25.9 Å². The molecule has 0 aromatic carbocycles. The molecule has 1 saturated heterocycles. The average Bonchev–Trinajstić information content (AvgIpc) is 2.13. The fourth-order valence-corrected chi connectivity index (χ4v) is 1.87. The van der Waals surface area contributed by atoms with Gasteiger partial charge >= 0.3 is 5.97 Å². The Bertz CT molecular complexity index is 220. The van der Waals surface area contributed by atoms with Crippen LogP contribution in [0.5, 0.6) is 0 Å². The van der Waals surface area contributed by atoms with Gasteiger partial charge in [-0.25, -0.2) is 0 Å². The molecule has 0 aromatic heterocycles. The van der Waals surface area contributed by atoms with E-state index in [-0.39, 0.29) is 18.7 Å². The number of carboxylic acid groups (broad SMARTS) is 1. The lowest BCUT2D eigenvalue weighted by molar-refractivity contribution is -0.141. The molecule has 1 amide bonds. The van der Waals surface area contributed by atoms with Gasteiger partial charge in [0.15, 0.2) is 0 Å². The first-order valence-corrected chi connectivity index (χ1v) is 5.70. The van der Waals surface area contributed by atoms with Gasteiger partial charge in [-0.15, -0.1) is 0 Å². The van der Waals surface area contributed by atoms with Gasteiger partial charge in [-0.05, 0) is 12.8 Å². The summed E-state index contributed by atoms with van der Waals surface area (Å²) in [6, 6.07) is 0. The van der Waals surface area contributed by atoms with Crippen molar-refractivity contribution in [3.05, 3.63) is 0 Å². The first kappa shape index (κ1) is 12.0. The van der Waals surface area contributed by atoms with E-state index in [4.69, 9.17) is 5.11 Å². The molecule has 0 atom stereocenters. The van der Waals surface area contributed by atoms with Crippen molar-refractivity contribution >= 4 is 11.9 Å². The summed E-state index contributed by atoms with van der Waals surface area (Å²) in [4.78, 5) is 23.8. The molecule has 1 rings (SSSR count). The number of hydrogen-bond donors (Lipinski definition) is 1. The van der Waals surface area contributed by atoms with E-state index in [1.807, 2.05) is 4.90 Å². The molecule has 0 bridgehead atoms. The molecule has 86 valence electrons. The van der Waals surface area contributed by atoms with Gasteiger partial charge in [0.1, 0.15) is 0 Å². The standard InChI is InChI=1S/C11H19NO3/c13-10(6-7-11(14)15)12-8-4-2-1-3-5-9-12/h1-9H2,(H,14,15). The summed E-state index contributed by atoms with van der Waals surface area (Å²) >= 11 is 0. The molecule has 0 aliphatic carbocycles. The molecule has 1 heterocycles. The highest BCUT2D eigenvalue weighted by Crippen LogP contribution is 2.11. The fourth-order valence-electron chi connectivity index (χ4n) is 1.87. The van der Waals surface area contributed by atoms with E-state index in [1.165, 1.54) is 19.3 Å². The molecule has 4 nitrogen and oxygen atoms in total. The molecule has 0 aromatic rings. The molecular formula is C11H19NO3.